The van der Waals surface area contributed by atoms with Crippen LogP contribution in [0.5, 0.6) is 0 Å². The summed E-state index contributed by atoms with van der Waals surface area (Å²) in [5, 5.41) is 0. The van der Waals surface area contributed by atoms with Crippen LogP contribution in [0.3, 0.4) is 0 Å². The Morgan fingerprint density at radius 3 is 1.11 bits per heavy atom. The molecule has 0 aromatic carbocycles. The van der Waals surface area contributed by atoms with E-state index in [4.69, 9.17) is 0 Å². The van der Waals surface area contributed by atoms with Gasteiger partial charge in [-0.15, -0.1) is 13.2 Å². The van der Waals surface area contributed by atoms with Gasteiger partial charge in [-0.25, -0.2) is 0 Å². The normalized spacial score (nSPS) is 13.8. The second-order valence-electron chi connectivity index (χ2n) is 8.14. The third-order valence-electron chi connectivity index (χ3n) is 4.90. The fourth-order valence-corrected chi connectivity index (χ4v) is 2.94. The van der Waals surface area contributed by atoms with Gasteiger partial charge in [0.2, 0.25) is 0 Å². The molecular weight excluding hydrogens is 324 g/mol. The van der Waals surface area contributed by atoms with Crippen molar-refractivity contribution in [2.45, 2.75) is 98.8 Å². The molecule has 0 aliphatic heterocycles. The third-order valence-corrected chi connectivity index (χ3v) is 4.90. The highest BCUT2D eigenvalue weighted by molar-refractivity contribution is 5.08. The van der Waals surface area contributed by atoms with Gasteiger partial charge in [0.15, 0.2) is 0 Å². The van der Waals surface area contributed by atoms with Gasteiger partial charge in [-0.05, 0) is 98.8 Å². The van der Waals surface area contributed by atoms with Crippen molar-refractivity contribution >= 4 is 0 Å². The average Bonchev–Trinajstić information content (AvgIpc) is 2.59. The lowest BCUT2D eigenvalue weighted by Crippen LogP contribution is -1.83. The maximum Gasteiger partial charge on any atom is -0.0288 e. The second kappa shape index (κ2) is 16.6. The van der Waals surface area contributed by atoms with Gasteiger partial charge in [0.05, 0.1) is 0 Å². The van der Waals surface area contributed by atoms with Gasteiger partial charge in [-0.2, -0.15) is 0 Å². The highest BCUT2D eigenvalue weighted by Gasteiger charge is 1.94. The molecule has 0 saturated heterocycles. The van der Waals surface area contributed by atoms with E-state index in [-0.39, 0.29) is 0 Å². The van der Waals surface area contributed by atoms with Crippen LogP contribution in [0.1, 0.15) is 98.8 Å². The first-order chi connectivity index (χ1) is 12.8. The molecule has 152 valence electrons. The molecule has 0 aliphatic carbocycles. The standard InChI is InChI=1S/C27H44/c1-8-9-15-24(4)17-11-19-26(6)21-13-22-27(7)20-12-18-25(5)16-10-14-23(2)3/h8,16-17,20-21H,1-2,9-15,18-19,22H2,3-7H3. The minimum atomic E-state index is 1.09. The molecule has 27 heavy (non-hydrogen) atoms. The fraction of sp³-hybridized carbons (Fsp3) is 0.556. The lowest BCUT2D eigenvalue weighted by Gasteiger charge is -2.03. The summed E-state index contributed by atoms with van der Waals surface area (Å²) in [6.07, 6.45) is 23.1. The summed E-state index contributed by atoms with van der Waals surface area (Å²) in [7, 11) is 0. The minimum Gasteiger partial charge on any atom is -0.103 e. The molecule has 0 atom stereocenters. The molecule has 0 unspecified atom stereocenters. The van der Waals surface area contributed by atoms with Crippen LogP contribution in [-0.4, -0.2) is 0 Å². The molecule has 0 amide bonds. The molecular formula is C27H44. The maximum atomic E-state index is 3.96. The number of hydrogen-bond donors (Lipinski definition) is 0. The highest BCUT2D eigenvalue weighted by atomic mass is 14.0. The first kappa shape index (κ1) is 25.4. The van der Waals surface area contributed by atoms with E-state index < -0.39 is 0 Å². The number of rotatable bonds is 15. The molecule has 0 rings (SSSR count). The first-order valence-corrected chi connectivity index (χ1v) is 10.7. The molecule has 0 saturated carbocycles. The molecule has 0 spiro atoms. The highest BCUT2D eigenvalue weighted by Crippen LogP contribution is 2.15. The molecule has 0 radical (unpaired) electrons. The smallest absolute Gasteiger partial charge is 0.0288 e. The number of hydrogen-bond acceptors (Lipinski definition) is 0. The predicted molar refractivity (Wildman–Crippen MR) is 126 cm³/mol. The van der Waals surface area contributed by atoms with Crippen molar-refractivity contribution in [1.29, 1.82) is 0 Å². The third kappa shape index (κ3) is 17.6. The largest absolute Gasteiger partial charge is 0.103 e. The van der Waals surface area contributed by atoms with Crippen LogP contribution in [0.2, 0.25) is 0 Å². The summed E-state index contributed by atoms with van der Waals surface area (Å²) in [4.78, 5) is 0. The zero-order chi connectivity index (χ0) is 20.5. The minimum absolute atomic E-state index is 1.09. The summed E-state index contributed by atoms with van der Waals surface area (Å²) in [5.41, 5.74) is 7.32. The summed E-state index contributed by atoms with van der Waals surface area (Å²) in [5.74, 6) is 0. The molecule has 0 aromatic heterocycles. The van der Waals surface area contributed by atoms with Crippen molar-refractivity contribution in [3.8, 4) is 0 Å². The van der Waals surface area contributed by atoms with Gasteiger partial charge in [0.1, 0.15) is 0 Å². The van der Waals surface area contributed by atoms with Gasteiger partial charge in [-0.3, -0.25) is 0 Å². The number of allylic oxidation sites excluding steroid dienone is 10. The Kier molecular flexibility index (Phi) is 15.6. The van der Waals surface area contributed by atoms with E-state index >= 15 is 0 Å². The predicted octanol–water partition coefficient (Wildman–Crippen LogP) is 9.43. The van der Waals surface area contributed by atoms with E-state index in [2.05, 4.69) is 72.1 Å². The van der Waals surface area contributed by atoms with E-state index in [9.17, 15) is 0 Å². The Morgan fingerprint density at radius 2 is 0.815 bits per heavy atom. The Hall–Kier alpha value is -1.56. The molecule has 0 aromatic rings. The average molecular weight is 369 g/mol. The van der Waals surface area contributed by atoms with Crippen molar-refractivity contribution in [2.75, 3.05) is 0 Å². The Morgan fingerprint density at radius 1 is 0.519 bits per heavy atom. The van der Waals surface area contributed by atoms with Gasteiger partial charge in [-0.1, -0.05) is 58.2 Å². The summed E-state index contributed by atoms with van der Waals surface area (Å²) in [6.45, 7) is 18.9. The molecule has 0 nitrogen and oxygen atoms in total. The Bertz CT molecular complexity index is 549. The SMILES string of the molecule is C=CCCC(C)=CCCC(C)=CCCC(C)=CCCC(C)=CCCC(=C)C. The van der Waals surface area contributed by atoms with E-state index in [0.29, 0.717) is 0 Å². The molecule has 0 aliphatic rings. The summed E-state index contributed by atoms with van der Waals surface area (Å²) >= 11 is 0. The fourth-order valence-electron chi connectivity index (χ4n) is 2.94. The van der Waals surface area contributed by atoms with Crippen molar-refractivity contribution in [1.82, 2.24) is 0 Å². The summed E-state index contributed by atoms with van der Waals surface area (Å²) in [6, 6.07) is 0. The van der Waals surface area contributed by atoms with Crippen LogP contribution in [0.25, 0.3) is 0 Å². The summed E-state index contributed by atoms with van der Waals surface area (Å²) < 4.78 is 0. The van der Waals surface area contributed by atoms with Crippen LogP contribution in [0, 0.1) is 0 Å². The zero-order valence-corrected chi connectivity index (χ0v) is 18.9. The Labute approximate surface area is 170 Å². The van der Waals surface area contributed by atoms with Crippen molar-refractivity contribution in [3.05, 3.63) is 71.4 Å². The Balaban J connectivity index is 4.02. The van der Waals surface area contributed by atoms with Gasteiger partial charge >= 0.3 is 0 Å². The lowest BCUT2D eigenvalue weighted by molar-refractivity contribution is 0.887. The van der Waals surface area contributed by atoms with Crippen LogP contribution in [0.4, 0.5) is 0 Å². The molecule has 0 bridgehead atoms. The van der Waals surface area contributed by atoms with Gasteiger partial charge in [0, 0.05) is 0 Å². The maximum absolute atomic E-state index is 3.96. The molecule has 0 fully saturated rings. The van der Waals surface area contributed by atoms with Gasteiger partial charge in [0.25, 0.3) is 0 Å². The molecule has 0 heteroatoms. The zero-order valence-electron chi connectivity index (χ0n) is 18.9. The molecule has 0 N–H and O–H groups in total. The van der Waals surface area contributed by atoms with E-state index in [1.165, 1.54) is 60.0 Å². The monoisotopic (exact) mass is 368 g/mol. The van der Waals surface area contributed by atoms with Crippen molar-refractivity contribution < 1.29 is 0 Å². The van der Waals surface area contributed by atoms with Crippen LogP contribution >= 0.6 is 0 Å². The van der Waals surface area contributed by atoms with Crippen LogP contribution in [-0.2, 0) is 0 Å². The van der Waals surface area contributed by atoms with E-state index in [1.807, 2.05) is 6.08 Å². The molecule has 0 heterocycles. The van der Waals surface area contributed by atoms with Crippen LogP contribution < -0.4 is 0 Å². The second-order valence-corrected chi connectivity index (χ2v) is 8.14. The van der Waals surface area contributed by atoms with Crippen molar-refractivity contribution in [2.24, 2.45) is 0 Å². The van der Waals surface area contributed by atoms with Crippen molar-refractivity contribution in [3.63, 3.8) is 0 Å². The van der Waals surface area contributed by atoms with Crippen LogP contribution in [0.15, 0.2) is 71.4 Å². The topological polar surface area (TPSA) is 0 Å². The quantitative estimate of drug-likeness (QED) is 0.252. The van der Waals surface area contributed by atoms with Gasteiger partial charge < -0.3 is 0 Å². The first-order valence-electron chi connectivity index (χ1n) is 10.7. The lowest BCUT2D eigenvalue weighted by atomic mass is 10.0. The van der Waals surface area contributed by atoms with E-state index in [1.54, 1.807) is 0 Å². The van der Waals surface area contributed by atoms with E-state index in [0.717, 1.165) is 32.1 Å².